The van der Waals surface area contributed by atoms with Crippen molar-refractivity contribution in [2.24, 2.45) is 5.92 Å². The first kappa shape index (κ1) is 19.6. The van der Waals surface area contributed by atoms with Gasteiger partial charge in [0.25, 0.3) is 0 Å². The molecule has 3 aromatic carbocycles. The molecule has 3 unspecified atom stereocenters. The van der Waals surface area contributed by atoms with Crippen molar-refractivity contribution in [1.29, 1.82) is 0 Å². The molecule has 2 saturated heterocycles. The zero-order valence-electron chi connectivity index (χ0n) is 18.1. The molecule has 30 heavy (non-hydrogen) atoms. The number of nitrogens with zero attached hydrogens (tertiary/aromatic N) is 2. The minimum absolute atomic E-state index is 0.0996. The van der Waals surface area contributed by atoms with Crippen LogP contribution in [0, 0.1) is 5.92 Å². The van der Waals surface area contributed by atoms with Gasteiger partial charge in [-0.3, -0.25) is 9.80 Å². The zero-order valence-corrected chi connectivity index (χ0v) is 18.1. The van der Waals surface area contributed by atoms with Crippen LogP contribution in [-0.2, 0) is 12.0 Å². The Morgan fingerprint density at radius 2 is 1.77 bits per heavy atom. The van der Waals surface area contributed by atoms with Crippen molar-refractivity contribution in [3.63, 3.8) is 0 Å². The number of hydrogen-bond acceptors (Lipinski definition) is 3. The van der Waals surface area contributed by atoms with Crippen LogP contribution in [0.4, 0.5) is 0 Å². The first-order valence-corrected chi connectivity index (χ1v) is 11.3. The number of hydrogen-bond donors (Lipinski definition) is 1. The second-order valence-electron chi connectivity index (χ2n) is 9.60. The van der Waals surface area contributed by atoms with Crippen LogP contribution in [0.1, 0.15) is 31.4 Å². The lowest BCUT2D eigenvalue weighted by Crippen LogP contribution is -2.60. The Labute approximate surface area is 179 Å². The van der Waals surface area contributed by atoms with Gasteiger partial charge in [-0.25, -0.2) is 0 Å². The van der Waals surface area contributed by atoms with E-state index in [0.717, 1.165) is 39.1 Å². The molecule has 5 rings (SSSR count). The number of rotatable bonds is 3. The Balaban J connectivity index is 1.36. The molecule has 0 amide bonds. The third kappa shape index (κ3) is 3.51. The highest BCUT2D eigenvalue weighted by Crippen LogP contribution is 2.43. The van der Waals surface area contributed by atoms with Gasteiger partial charge in [0.2, 0.25) is 0 Å². The predicted octanol–water partition coefficient (Wildman–Crippen LogP) is 5.03. The summed E-state index contributed by atoms with van der Waals surface area (Å²) in [5.74, 6) is 0.949. The monoisotopic (exact) mass is 400 g/mol. The number of aromatic hydroxyl groups is 1. The summed E-state index contributed by atoms with van der Waals surface area (Å²) >= 11 is 0. The SMILES string of the molecule is CC1CN2CCN(Cc3cccc4ccccc34)CC2CC1(C)c1cccc(O)c1. The Kier molecular flexibility index (Phi) is 5.04. The van der Waals surface area contributed by atoms with Crippen molar-refractivity contribution in [2.45, 2.75) is 38.3 Å². The molecule has 3 atom stereocenters. The van der Waals surface area contributed by atoms with E-state index in [1.165, 1.54) is 21.9 Å². The second-order valence-corrected chi connectivity index (χ2v) is 9.60. The first-order chi connectivity index (χ1) is 14.5. The maximum atomic E-state index is 10.1. The van der Waals surface area contributed by atoms with Crippen molar-refractivity contribution in [3.8, 4) is 5.75 Å². The standard InChI is InChI=1S/C27H32N2O/c1-20-17-29-14-13-28(18-22-9-5-8-21-7-3-4-12-26(21)22)19-24(29)16-27(20,2)23-10-6-11-25(30)15-23/h3-12,15,20,24,30H,13-14,16-19H2,1-2H3. The fourth-order valence-electron chi connectivity index (χ4n) is 5.71. The number of phenols is 1. The molecule has 3 heteroatoms. The van der Waals surface area contributed by atoms with Gasteiger partial charge in [-0.2, -0.15) is 0 Å². The van der Waals surface area contributed by atoms with E-state index in [4.69, 9.17) is 0 Å². The van der Waals surface area contributed by atoms with E-state index in [1.54, 1.807) is 6.07 Å². The summed E-state index contributed by atoms with van der Waals surface area (Å²) in [6.07, 6.45) is 1.14. The number of piperidine rings is 1. The highest BCUT2D eigenvalue weighted by molar-refractivity contribution is 5.85. The lowest BCUT2D eigenvalue weighted by Gasteiger charge is -2.53. The summed E-state index contributed by atoms with van der Waals surface area (Å²) in [4.78, 5) is 5.34. The average molecular weight is 401 g/mol. The summed E-state index contributed by atoms with van der Waals surface area (Å²) in [7, 11) is 0. The lowest BCUT2D eigenvalue weighted by molar-refractivity contribution is -0.00546. The Morgan fingerprint density at radius 3 is 2.63 bits per heavy atom. The summed E-state index contributed by atoms with van der Waals surface area (Å²) in [6, 6.07) is 23.9. The fourth-order valence-corrected chi connectivity index (χ4v) is 5.71. The lowest BCUT2D eigenvalue weighted by atomic mass is 9.65. The van der Waals surface area contributed by atoms with Crippen LogP contribution in [-0.4, -0.2) is 47.1 Å². The van der Waals surface area contributed by atoms with Gasteiger partial charge in [0, 0.05) is 38.8 Å². The third-order valence-corrected chi connectivity index (χ3v) is 7.72. The molecule has 2 fully saturated rings. The molecule has 0 bridgehead atoms. The molecule has 2 heterocycles. The summed E-state index contributed by atoms with van der Waals surface area (Å²) in [5.41, 5.74) is 2.81. The van der Waals surface area contributed by atoms with Crippen molar-refractivity contribution in [2.75, 3.05) is 26.2 Å². The van der Waals surface area contributed by atoms with Crippen LogP contribution in [0.2, 0.25) is 0 Å². The molecule has 0 radical (unpaired) electrons. The number of piperazine rings is 1. The minimum atomic E-state index is 0.0996. The molecule has 2 aliphatic rings. The Hall–Kier alpha value is -2.36. The summed E-state index contributed by atoms with van der Waals surface area (Å²) in [5, 5.41) is 12.8. The molecule has 0 saturated carbocycles. The zero-order chi connectivity index (χ0) is 20.7. The van der Waals surface area contributed by atoms with Gasteiger partial charge in [0.05, 0.1) is 0 Å². The quantitative estimate of drug-likeness (QED) is 0.668. The second kappa shape index (κ2) is 7.72. The molecule has 3 aromatic rings. The highest BCUT2D eigenvalue weighted by atomic mass is 16.3. The van der Waals surface area contributed by atoms with Gasteiger partial charge in [0.15, 0.2) is 0 Å². The van der Waals surface area contributed by atoms with E-state index in [9.17, 15) is 5.11 Å². The maximum absolute atomic E-state index is 10.1. The fraction of sp³-hybridized carbons (Fsp3) is 0.407. The van der Waals surface area contributed by atoms with Crippen LogP contribution in [0.25, 0.3) is 10.8 Å². The van der Waals surface area contributed by atoms with Gasteiger partial charge >= 0.3 is 0 Å². The van der Waals surface area contributed by atoms with Gasteiger partial charge in [-0.05, 0) is 51.8 Å². The number of benzene rings is 3. The maximum Gasteiger partial charge on any atom is 0.115 e. The van der Waals surface area contributed by atoms with Crippen molar-refractivity contribution in [1.82, 2.24) is 9.80 Å². The van der Waals surface area contributed by atoms with E-state index in [0.29, 0.717) is 17.7 Å². The molecule has 2 aliphatic heterocycles. The van der Waals surface area contributed by atoms with Crippen LogP contribution in [0.15, 0.2) is 66.7 Å². The Morgan fingerprint density at radius 1 is 0.967 bits per heavy atom. The Bertz CT molecular complexity index is 1040. The largest absolute Gasteiger partial charge is 0.508 e. The molecule has 156 valence electrons. The average Bonchev–Trinajstić information content (AvgIpc) is 2.75. The molecule has 1 N–H and O–H groups in total. The third-order valence-electron chi connectivity index (χ3n) is 7.72. The minimum Gasteiger partial charge on any atom is -0.508 e. The predicted molar refractivity (Wildman–Crippen MR) is 124 cm³/mol. The number of phenolic OH excluding ortho intramolecular Hbond substituents is 1. The van der Waals surface area contributed by atoms with Gasteiger partial charge in [-0.15, -0.1) is 0 Å². The highest BCUT2D eigenvalue weighted by Gasteiger charge is 2.44. The van der Waals surface area contributed by atoms with E-state index >= 15 is 0 Å². The summed E-state index contributed by atoms with van der Waals surface area (Å²) in [6.45, 7) is 10.3. The van der Waals surface area contributed by atoms with E-state index < -0.39 is 0 Å². The first-order valence-electron chi connectivity index (χ1n) is 11.3. The van der Waals surface area contributed by atoms with Gasteiger partial charge in [-0.1, -0.05) is 68.4 Å². The van der Waals surface area contributed by atoms with Crippen LogP contribution < -0.4 is 0 Å². The van der Waals surface area contributed by atoms with Crippen molar-refractivity contribution < 1.29 is 5.11 Å². The molecule has 0 aliphatic carbocycles. The molecule has 3 nitrogen and oxygen atoms in total. The molecule has 0 spiro atoms. The normalized spacial score (nSPS) is 27.8. The number of fused-ring (bicyclic) bond motifs is 2. The van der Waals surface area contributed by atoms with Crippen molar-refractivity contribution in [3.05, 3.63) is 77.9 Å². The van der Waals surface area contributed by atoms with Crippen LogP contribution >= 0.6 is 0 Å². The summed E-state index contributed by atoms with van der Waals surface area (Å²) < 4.78 is 0. The van der Waals surface area contributed by atoms with E-state index in [1.807, 2.05) is 12.1 Å². The van der Waals surface area contributed by atoms with Crippen molar-refractivity contribution >= 4 is 10.8 Å². The van der Waals surface area contributed by atoms with Gasteiger partial charge in [0.1, 0.15) is 5.75 Å². The molecule has 0 aromatic heterocycles. The molecular weight excluding hydrogens is 368 g/mol. The van der Waals surface area contributed by atoms with E-state index in [2.05, 4.69) is 72.2 Å². The van der Waals surface area contributed by atoms with E-state index in [-0.39, 0.29) is 5.41 Å². The molecular formula is C27H32N2O. The van der Waals surface area contributed by atoms with Gasteiger partial charge < -0.3 is 5.11 Å². The topological polar surface area (TPSA) is 26.7 Å². The van der Waals surface area contributed by atoms with Crippen LogP contribution in [0.5, 0.6) is 5.75 Å². The van der Waals surface area contributed by atoms with Crippen LogP contribution in [0.3, 0.4) is 0 Å². The smallest absolute Gasteiger partial charge is 0.115 e.